The van der Waals surface area contributed by atoms with Crippen molar-refractivity contribution in [1.29, 1.82) is 0 Å². The molecule has 5 rings (SSSR count). The summed E-state index contributed by atoms with van der Waals surface area (Å²) in [5.41, 5.74) is 2.50. The van der Waals surface area contributed by atoms with Crippen molar-refractivity contribution in [2.24, 2.45) is 4.40 Å². The van der Waals surface area contributed by atoms with Crippen molar-refractivity contribution in [2.45, 2.75) is 49.3 Å². The molecular weight excluding hydrogens is 511 g/mol. The lowest BCUT2D eigenvalue weighted by molar-refractivity contribution is -0.159. The first-order chi connectivity index (χ1) is 16.1. The summed E-state index contributed by atoms with van der Waals surface area (Å²) in [6.45, 7) is 5.30. The Hall–Kier alpha value is -1.32. The number of unbranched alkanes of at least 4 members (excludes halogenated alkanes) is 1. The molecule has 3 nitrogen and oxygen atoms in total. The molecular formula is C24H22Cl2F4N2OS. The van der Waals surface area contributed by atoms with E-state index in [-0.39, 0.29) is 11.2 Å². The third kappa shape index (κ3) is 3.86. The molecule has 0 saturated carbocycles. The minimum Gasteiger partial charge on any atom is -0.363 e. The second-order valence-electron chi connectivity index (χ2n) is 9.10. The summed E-state index contributed by atoms with van der Waals surface area (Å²) in [5, 5.41) is -0.901. The van der Waals surface area contributed by atoms with E-state index in [0.717, 1.165) is 55.7 Å². The Bertz CT molecular complexity index is 1140. The molecule has 34 heavy (non-hydrogen) atoms. The highest BCUT2D eigenvalue weighted by molar-refractivity contribution is 7.99. The van der Waals surface area contributed by atoms with Crippen molar-refractivity contribution in [3.05, 3.63) is 68.4 Å². The van der Waals surface area contributed by atoms with Crippen LogP contribution in [0.15, 0.2) is 34.7 Å². The van der Waals surface area contributed by atoms with Crippen LogP contribution in [0.3, 0.4) is 0 Å². The standard InChI is InChI=1S/C24H22Cl2F4N2OS/c1-2-3-6-32-12-22(13-32)17-5-4-14(7-15(17)11-33-22)20-10-23(34-31-20,24(28,29)30)16-8-18(25)21(27)19(26)9-16/h4-5,7-9H,2-3,6,10-13H2,1H3. The van der Waals surface area contributed by atoms with Crippen LogP contribution in [0.25, 0.3) is 0 Å². The lowest BCUT2D eigenvalue weighted by Crippen LogP contribution is -2.59. The van der Waals surface area contributed by atoms with Gasteiger partial charge in [-0.05, 0) is 65.4 Å². The van der Waals surface area contributed by atoms with E-state index in [1.807, 2.05) is 18.2 Å². The van der Waals surface area contributed by atoms with E-state index in [0.29, 0.717) is 29.8 Å². The Morgan fingerprint density at radius 2 is 1.85 bits per heavy atom. The number of halogens is 6. The summed E-state index contributed by atoms with van der Waals surface area (Å²) in [5.74, 6) is -0.939. The number of benzene rings is 2. The summed E-state index contributed by atoms with van der Waals surface area (Å²) < 4.78 is 64.9. The summed E-state index contributed by atoms with van der Waals surface area (Å²) >= 11 is 12.1. The van der Waals surface area contributed by atoms with Gasteiger partial charge < -0.3 is 4.74 Å². The molecule has 10 heteroatoms. The minimum absolute atomic E-state index is 0.217. The van der Waals surface area contributed by atoms with Crippen LogP contribution in [0.1, 0.15) is 48.4 Å². The van der Waals surface area contributed by atoms with Gasteiger partial charge in [-0.25, -0.2) is 8.79 Å². The van der Waals surface area contributed by atoms with Gasteiger partial charge in [0.25, 0.3) is 0 Å². The van der Waals surface area contributed by atoms with Crippen LogP contribution in [0.4, 0.5) is 17.6 Å². The van der Waals surface area contributed by atoms with Gasteiger partial charge in [-0.15, -0.1) is 0 Å². The largest absolute Gasteiger partial charge is 0.409 e. The van der Waals surface area contributed by atoms with Crippen LogP contribution in [0.5, 0.6) is 0 Å². The zero-order valence-corrected chi connectivity index (χ0v) is 20.6. The van der Waals surface area contributed by atoms with Crippen molar-refractivity contribution in [1.82, 2.24) is 4.90 Å². The van der Waals surface area contributed by atoms with E-state index in [4.69, 9.17) is 27.9 Å². The molecule has 1 saturated heterocycles. The van der Waals surface area contributed by atoms with Crippen LogP contribution >= 0.6 is 35.1 Å². The minimum atomic E-state index is -4.66. The maximum atomic E-state index is 14.4. The van der Waals surface area contributed by atoms with Crippen LogP contribution in [-0.2, 0) is 21.7 Å². The van der Waals surface area contributed by atoms with Crippen LogP contribution in [-0.4, -0.2) is 36.4 Å². The maximum Gasteiger partial charge on any atom is 0.409 e. The highest BCUT2D eigenvalue weighted by atomic mass is 35.5. The van der Waals surface area contributed by atoms with E-state index in [2.05, 4.69) is 16.2 Å². The molecule has 0 aliphatic carbocycles. The van der Waals surface area contributed by atoms with E-state index >= 15 is 0 Å². The van der Waals surface area contributed by atoms with Gasteiger partial charge in [-0.1, -0.05) is 48.7 Å². The SMILES string of the molecule is CCCCN1CC2(C1)OCc1cc(C3=NSC(c4cc(Cl)c(F)c(Cl)c4)(C(F)(F)F)C3)ccc12. The van der Waals surface area contributed by atoms with Gasteiger partial charge in [0.05, 0.1) is 22.4 Å². The highest BCUT2D eigenvalue weighted by Gasteiger charge is 2.60. The Morgan fingerprint density at radius 1 is 1.15 bits per heavy atom. The number of alkyl halides is 3. The van der Waals surface area contributed by atoms with E-state index in [1.54, 1.807) is 0 Å². The number of hydrogen-bond donors (Lipinski definition) is 0. The molecule has 3 heterocycles. The number of hydrogen-bond acceptors (Lipinski definition) is 4. The van der Waals surface area contributed by atoms with Crippen LogP contribution in [0.2, 0.25) is 10.0 Å². The first-order valence-electron chi connectivity index (χ1n) is 11.1. The predicted octanol–water partition coefficient (Wildman–Crippen LogP) is 7.27. The average Bonchev–Trinajstić information content (AvgIpc) is 3.38. The summed E-state index contributed by atoms with van der Waals surface area (Å²) in [7, 11) is 0. The molecule has 0 aromatic heterocycles. The normalized spacial score (nSPS) is 23.8. The van der Waals surface area contributed by atoms with Crippen molar-refractivity contribution in [2.75, 3.05) is 19.6 Å². The van der Waals surface area contributed by atoms with Crippen molar-refractivity contribution < 1.29 is 22.3 Å². The Kier molecular flexibility index (Phi) is 6.21. The van der Waals surface area contributed by atoms with Gasteiger partial charge >= 0.3 is 6.18 Å². The predicted molar refractivity (Wildman–Crippen MR) is 127 cm³/mol. The van der Waals surface area contributed by atoms with Gasteiger partial charge in [-0.3, -0.25) is 4.90 Å². The Balaban J connectivity index is 1.40. The molecule has 0 amide bonds. The molecule has 1 spiro atoms. The van der Waals surface area contributed by atoms with E-state index in [1.165, 1.54) is 0 Å². The Morgan fingerprint density at radius 3 is 2.50 bits per heavy atom. The molecule has 0 radical (unpaired) electrons. The van der Waals surface area contributed by atoms with E-state index < -0.39 is 33.2 Å². The number of nitrogens with zero attached hydrogens (tertiary/aromatic N) is 2. The Labute approximate surface area is 209 Å². The highest BCUT2D eigenvalue weighted by Crippen LogP contribution is 2.57. The lowest BCUT2D eigenvalue weighted by Gasteiger charge is -2.47. The zero-order chi connectivity index (χ0) is 24.3. The number of rotatable bonds is 5. The summed E-state index contributed by atoms with van der Waals surface area (Å²) in [6.07, 6.45) is -2.79. The number of fused-ring (bicyclic) bond motifs is 2. The first-order valence-corrected chi connectivity index (χ1v) is 12.6. The molecule has 182 valence electrons. The van der Waals surface area contributed by atoms with Crippen LogP contribution in [0, 0.1) is 5.82 Å². The summed E-state index contributed by atoms with van der Waals surface area (Å²) in [6, 6.07) is 7.64. The topological polar surface area (TPSA) is 24.8 Å². The molecule has 1 fully saturated rings. The van der Waals surface area contributed by atoms with Crippen molar-refractivity contribution in [3.8, 4) is 0 Å². The number of ether oxygens (including phenoxy) is 1. The second-order valence-corrected chi connectivity index (χ2v) is 11.0. The monoisotopic (exact) mass is 532 g/mol. The van der Waals surface area contributed by atoms with Gasteiger partial charge in [-0.2, -0.15) is 13.2 Å². The fourth-order valence-corrected chi connectivity index (χ4v) is 6.41. The molecule has 0 N–H and O–H groups in total. The summed E-state index contributed by atoms with van der Waals surface area (Å²) in [4.78, 5) is 2.36. The fraction of sp³-hybridized carbons (Fsp3) is 0.458. The van der Waals surface area contributed by atoms with Crippen molar-refractivity contribution in [3.63, 3.8) is 0 Å². The fourth-order valence-electron chi connectivity index (χ4n) is 4.96. The van der Waals surface area contributed by atoms with Gasteiger partial charge in [0.2, 0.25) is 0 Å². The average molecular weight is 533 g/mol. The molecule has 2 aromatic rings. The zero-order valence-electron chi connectivity index (χ0n) is 18.3. The molecule has 1 atom stereocenters. The molecule has 0 bridgehead atoms. The maximum absolute atomic E-state index is 14.4. The van der Waals surface area contributed by atoms with Gasteiger partial charge in [0.1, 0.15) is 5.60 Å². The number of likely N-dealkylation sites (tertiary alicyclic amines) is 1. The third-order valence-electron chi connectivity index (χ3n) is 6.86. The third-order valence-corrected chi connectivity index (χ3v) is 8.64. The quantitative estimate of drug-likeness (QED) is 0.230. The first kappa shape index (κ1) is 24.4. The van der Waals surface area contributed by atoms with Gasteiger partial charge in [0, 0.05) is 19.5 Å². The van der Waals surface area contributed by atoms with E-state index in [9.17, 15) is 17.6 Å². The molecule has 1 unspecified atom stereocenters. The van der Waals surface area contributed by atoms with Crippen LogP contribution < -0.4 is 0 Å². The van der Waals surface area contributed by atoms with Gasteiger partial charge in [0.15, 0.2) is 10.6 Å². The lowest BCUT2D eigenvalue weighted by atomic mass is 9.83. The molecule has 2 aromatic carbocycles. The second kappa shape index (κ2) is 8.66. The smallest absolute Gasteiger partial charge is 0.363 e. The molecule has 3 aliphatic rings. The molecule has 3 aliphatic heterocycles. The van der Waals surface area contributed by atoms with Crippen molar-refractivity contribution >= 4 is 40.9 Å².